The average molecular weight is 372 g/mol. The Morgan fingerprint density at radius 2 is 1.85 bits per heavy atom. The Kier molecular flexibility index (Phi) is 5.68. The first-order valence-corrected chi connectivity index (χ1v) is 10.1. The van der Waals surface area contributed by atoms with Gasteiger partial charge in [-0.05, 0) is 36.1 Å². The molecule has 2 aliphatic heterocycles. The Balaban J connectivity index is 0.000000447. The molecule has 4 rings (SSSR count). The fourth-order valence-electron chi connectivity index (χ4n) is 3.41. The molecular weight excluding hydrogens is 342 g/mol. The first-order valence-electron chi connectivity index (χ1n) is 9.30. The van der Waals surface area contributed by atoms with Gasteiger partial charge >= 0.3 is 6.03 Å². The van der Waals surface area contributed by atoms with Crippen molar-refractivity contribution >= 4 is 17.4 Å². The highest BCUT2D eigenvalue weighted by Gasteiger charge is 2.47. The van der Waals surface area contributed by atoms with E-state index in [0.717, 1.165) is 32.1 Å². The highest BCUT2D eigenvalue weighted by molar-refractivity contribution is 7.15. The maximum atomic E-state index is 11.3. The summed E-state index contributed by atoms with van der Waals surface area (Å²) in [6.45, 7) is 12.2. The monoisotopic (exact) mass is 371 g/mol. The number of nitrogens with zero attached hydrogens (tertiary/aromatic N) is 1. The Hall–Kier alpha value is -1.85. The molecule has 3 heterocycles. The summed E-state index contributed by atoms with van der Waals surface area (Å²) in [5.74, 6) is 0.833. The van der Waals surface area contributed by atoms with Crippen LogP contribution in [0.4, 0.5) is 4.79 Å². The van der Waals surface area contributed by atoms with Crippen LogP contribution in [0.1, 0.15) is 31.2 Å². The molecule has 0 saturated carbocycles. The number of urea groups is 1. The Morgan fingerprint density at radius 1 is 1.15 bits per heavy atom. The van der Waals surface area contributed by atoms with E-state index in [4.69, 9.17) is 0 Å². The topological polar surface area (TPSA) is 44.4 Å². The minimum atomic E-state index is -0.0362. The first-order chi connectivity index (χ1) is 12.4. The minimum Gasteiger partial charge on any atom is -0.336 e. The van der Waals surface area contributed by atoms with Gasteiger partial charge in [0.15, 0.2) is 0 Å². The molecule has 1 aromatic heterocycles. The average Bonchev–Trinajstić information content (AvgIpc) is 3.13. The van der Waals surface area contributed by atoms with E-state index in [1.54, 1.807) is 0 Å². The van der Waals surface area contributed by atoms with Gasteiger partial charge in [-0.3, -0.25) is 4.90 Å². The van der Waals surface area contributed by atoms with Crippen molar-refractivity contribution < 1.29 is 4.79 Å². The zero-order valence-electron chi connectivity index (χ0n) is 16.1. The van der Waals surface area contributed by atoms with E-state index in [9.17, 15) is 4.79 Å². The molecule has 0 radical (unpaired) electrons. The molecule has 0 atom stereocenters. The standard InChI is InChI=1S/C17H19N3OS.C4H10/c1-12-6-7-15(22-12)14-5-3-2-4-13(14)8-20-10-17(11-20)9-18-16(21)19-17;1-4(2)3/h2-7H,8-11H2,1H3,(H2,18,19,21);4H,1-3H3. The van der Waals surface area contributed by atoms with E-state index in [2.05, 4.69) is 79.6 Å². The van der Waals surface area contributed by atoms with Crippen molar-refractivity contribution in [1.82, 2.24) is 15.5 Å². The molecule has 2 fully saturated rings. The summed E-state index contributed by atoms with van der Waals surface area (Å²) < 4.78 is 0. The van der Waals surface area contributed by atoms with Gasteiger partial charge in [0, 0.05) is 35.9 Å². The summed E-state index contributed by atoms with van der Waals surface area (Å²) in [7, 11) is 0. The second-order valence-corrected chi connectivity index (χ2v) is 9.32. The third kappa shape index (κ3) is 4.46. The van der Waals surface area contributed by atoms with Gasteiger partial charge in [-0.1, -0.05) is 45.0 Å². The number of amides is 2. The zero-order valence-corrected chi connectivity index (χ0v) is 17.0. The van der Waals surface area contributed by atoms with Crippen LogP contribution in [0.2, 0.25) is 0 Å². The number of carbonyl (C=O) groups excluding carboxylic acids is 1. The molecule has 2 aliphatic rings. The van der Waals surface area contributed by atoms with E-state index < -0.39 is 0 Å². The highest BCUT2D eigenvalue weighted by atomic mass is 32.1. The van der Waals surface area contributed by atoms with Crippen LogP contribution < -0.4 is 10.6 Å². The first kappa shape index (κ1) is 18.9. The molecule has 2 amide bonds. The van der Waals surface area contributed by atoms with Gasteiger partial charge in [0.2, 0.25) is 0 Å². The molecule has 2 aromatic rings. The maximum Gasteiger partial charge on any atom is 0.315 e. The molecular formula is C21H29N3OS. The smallest absolute Gasteiger partial charge is 0.315 e. The lowest BCUT2D eigenvalue weighted by molar-refractivity contribution is 0.0597. The molecule has 1 aromatic carbocycles. The number of rotatable bonds is 3. The summed E-state index contributed by atoms with van der Waals surface area (Å²) in [6.07, 6.45) is 0. The molecule has 140 valence electrons. The van der Waals surface area contributed by atoms with Gasteiger partial charge in [-0.15, -0.1) is 11.3 Å². The quantitative estimate of drug-likeness (QED) is 0.847. The number of benzene rings is 1. The van der Waals surface area contributed by atoms with Gasteiger partial charge in [0.05, 0.1) is 5.54 Å². The Bertz CT molecular complexity index is 759. The van der Waals surface area contributed by atoms with Crippen molar-refractivity contribution in [2.75, 3.05) is 19.6 Å². The minimum absolute atomic E-state index is 0.0332. The number of thiophene rings is 1. The van der Waals surface area contributed by atoms with Gasteiger partial charge < -0.3 is 10.6 Å². The maximum absolute atomic E-state index is 11.3. The zero-order chi connectivity index (χ0) is 18.7. The van der Waals surface area contributed by atoms with Gasteiger partial charge in [-0.2, -0.15) is 0 Å². The van der Waals surface area contributed by atoms with Crippen LogP contribution in [-0.4, -0.2) is 36.1 Å². The summed E-state index contributed by atoms with van der Waals surface area (Å²) >= 11 is 1.84. The molecule has 4 nitrogen and oxygen atoms in total. The van der Waals surface area contributed by atoms with Crippen molar-refractivity contribution in [3.05, 3.63) is 46.8 Å². The van der Waals surface area contributed by atoms with Crippen LogP contribution in [0.15, 0.2) is 36.4 Å². The van der Waals surface area contributed by atoms with Crippen LogP contribution in [0.25, 0.3) is 10.4 Å². The molecule has 0 bridgehead atoms. The van der Waals surface area contributed by atoms with E-state index >= 15 is 0 Å². The van der Waals surface area contributed by atoms with Crippen LogP contribution in [0, 0.1) is 12.8 Å². The molecule has 2 N–H and O–H groups in total. The fraction of sp³-hybridized carbons (Fsp3) is 0.476. The highest BCUT2D eigenvalue weighted by Crippen LogP contribution is 2.33. The number of nitrogens with one attached hydrogen (secondary N) is 2. The van der Waals surface area contributed by atoms with E-state index in [1.807, 2.05) is 11.3 Å². The second kappa shape index (κ2) is 7.80. The molecule has 26 heavy (non-hydrogen) atoms. The fourth-order valence-corrected chi connectivity index (χ4v) is 4.34. The molecule has 0 aliphatic carbocycles. The number of carbonyl (C=O) groups is 1. The Morgan fingerprint density at radius 3 is 2.42 bits per heavy atom. The van der Waals surface area contributed by atoms with Crippen molar-refractivity contribution in [2.24, 2.45) is 5.92 Å². The SMILES string of the molecule is CC(C)C.Cc1ccc(-c2ccccc2CN2CC3(CNC(=O)N3)C2)s1. The van der Waals surface area contributed by atoms with Gasteiger partial charge in [-0.25, -0.2) is 4.79 Å². The van der Waals surface area contributed by atoms with Crippen LogP contribution in [-0.2, 0) is 6.54 Å². The molecule has 1 spiro atoms. The summed E-state index contributed by atoms with van der Waals surface area (Å²) in [6, 6.07) is 13.0. The third-order valence-corrected chi connectivity index (χ3v) is 5.47. The lowest BCUT2D eigenvalue weighted by atomic mass is 9.90. The molecule has 5 heteroatoms. The van der Waals surface area contributed by atoms with Crippen LogP contribution in [0.5, 0.6) is 0 Å². The second-order valence-electron chi connectivity index (χ2n) is 8.03. The van der Waals surface area contributed by atoms with Gasteiger partial charge in [0.1, 0.15) is 0 Å². The van der Waals surface area contributed by atoms with E-state index in [-0.39, 0.29) is 11.6 Å². The number of likely N-dealkylation sites (tertiary alicyclic amines) is 1. The lowest BCUT2D eigenvalue weighted by Gasteiger charge is -2.47. The predicted octanol–water partition coefficient (Wildman–Crippen LogP) is 4.25. The predicted molar refractivity (Wildman–Crippen MR) is 110 cm³/mol. The lowest BCUT2D eigenvalue weighted by Crippen LogP contribution is -2.68. The van der Waals surface area contributed by atoms with Crippen LogP contribution >= 0.6 is 11.3 Å². The number of hydrogen-bond acceptors (Lipinski definition) is 3. The van der Waals surface area contributed by atoms with Gasteiger partial charge in [0.25, 0.3) is 0 Å². The van der Waals surface area contributed by atoms with E-state index in [1.165, 1.54) is 20.9 Å². The van der Waals surface area contributed by atoms with Crippen molar-refractivity contribution in [1.29, 1.82) is 0 Å². The molecule has 0 unspecified atom stereocenters. The summed E-state index contributed by atoms with van der Waals surface area (Å²) in [5, 5.41) is 5.90. The van der Waals surface area contributed by atoms with Crippen molar-refractivity contribution in [2.45, 2.75) is 39.8 Å². The van der Waals surface area contributed by atoms with E-state index in [0.29, 0.717) is 0 Å². The van der Waals surface area contributed by atoms with Crippen molar-refractivity contribution in [3.8, 4) is 10.4 Å². The van der Waals surface area contributed by atoms with Crippen LogP contribution in [0.3, 0.4) is 0 Å². The Labute approximate surface area is 160 Å². The van der Waals surface area contributed by atoms with Crippen molar-refractivity contribution in [3.63, 3.8) is 0 Å². The largest absolute Gasteiger partial charge is 0.336 e. The summed E-state index contributed by atoms with van der Waals surface area (Å²) in [5.41, 5.74) is 2.65. The summed E-state index contributed by atoms with van der Waals surface area (Å²) in [4.78, 5) is 16.4. The third-order valence-electron chi connectivity index (χ3n) is 4.44. The number of hydrogen-bond donors (Lipinski definition) is 2. The normalized spacial score (nSPS) is 18.1. The molecule has 2 saturated heterocycles. The number of aryl methyl sites for hydroxylation is 1.